The molecule has 1 aromatic carbocycles. The van der Waals surface area contributed by atoms with Gasteiger partial charge in [0.15, 0.2) is 0 Å². The number of aryl methyl sites for hydroxylation is 1. The van der Waals surface area contributed by atoms with Gasteiger partial charge in [0, 0.05) is 26.0 Å². The molecule has 0 saturated heterocycles. The monoisotopic (exact) mass is 323 g/mol. The second-order valence-electron chi connectivity index (χ2n) is 5.19. The predicted molar refractivity (Wildman–Crippen MR) is 90.8 cm³/mol. The van der Waals surface area contributed by atoms with E-state index in [4.69, 9.17) is 5.73 Å². The number of amides is 1. The molecule has 0 atom stereocenters. The average molecular weight is 323 g/mol. The van der Waals surface area contributed by atoms with Gasteiger partial charge in [0.1, 0.15) is 5.82 Å². The van der Waals surface area contributed by atoms with Gasteiger partial charge in [-0.05, 0) is 5.56 Å². The Morgan fingerprint density at radius 1 is 1.25 bits per heavy atom. The zero-order chi connectivity index (χ0) is 16.9. The molecule has 0 spiro atoms. The van der Waals surface area contributed by atoms with Gasteiger partial charge in [-0.3, -0.25) is 9.48 Å². The van der Waals surface area contributed by atoms with Crippen molar-refractivity contribution in [2.45, 2.75) is 6.54 Å². The van der Waals surface area contributed by atoms with E-state index in [1.807, 2.05) is 37.4 Å². The Kier molecular flexibility index (Phi) is 4.37. The standard InChI is InChI=1S/C16H17N7O/c1-23-10-12(8-20-23)21-16-19-9-13(14(17)24)15(22-16)18-7-11-5-3-2-4-6-11/h2-6,8-10H,7H2,1H3,(H2,17,24)(H2,18,19,21,22). The summed E-state index contributed by atoms with van der Waals surface area (Å²) in [5.41, 5.74) is 7.45. The summed E-state index contributed by atoms with van der Waals surface area (Å²) >= 11 is 0. The maximum Gasteiger partial charge on any atom is 0.254 e. The van der Waals surface area contributed by atoms with Gasteiger partial charge in [-0.15, -0.1) is 0 Å². The molecule has 1 amide bonds. The van der Waals surface area contributed by atoms with E-state index < -0.39 is 5.91 Å². The number of nitrogens with zero attached hydrogens (tertiary/aromatic N) is 4. The Hall–Kier alpha value is -3.42. The minimum atomic E-state index is -0.585. The quantitative estimate of drug-likeness (QED) is 0.636. The average Bonchev–Trinajstić information content (AvgIpc) is 2.98. The number of nitrogens with one attached hydrogen (secondary N) is 2. The van der Waals surface area contributed by atoms with Gasteiger partial charge >= 0.3 is 0 Å². The molecule has 0 aliphatic heterocycles. The van der Waals surface area contributed by atoms with Gasteiger partial charge in [0.2, 0.25) is 5.95 Å². The topological polar surface area (TPSA) is 111 Å². The number of rotatable bonds is 6. The third-order valence-corrected chi connectivity index (χ3v) is 3.32. The van der Waals surface area contributed by atoms with Crippen LogP contribution in [0.15, 0.2) is 48.9 Å². The lowest BCUT2D eigenvalue weighted by Crippen LogP contribution is -2.17. The molecule has 0 bridgehead atoms. The summed E-state index contributed by atoms with van der Waals surface area (Å²) in [5, 5.41) is 10.2. The number of aromatic nitrogens is 4. The molecular weight excluding hydrogens is 306 g/mol. The SMILES string of the molecule is Cn1cc(Nc2ncc(C(N)=O)c(NCc3ccccc3)n2)cn1. The first kappa shape index (κ1) is 15.5. The zero-order valence-electron chi connectivity index (χ0n) is 13.1. The van der Waals surface area contributed by atoms with E-state index in [-0.39, 0.29) is 5.56 Å². The van der Waals surface area contributed by atoms with Crippen molar-refractivity contribution in [2.75, 3.05) is 10.6 Å². The number of carbonyl (C=O) groups is 1. The van der Waals surface area contributed by atoms with Crippen LogP contribution in [0.2, 0.25) is 0 Å². The molecule has 0 aliphatic rings. The van der Waals surface area contributed by atoms with Crippen molar-refractivity contribution in [1.82, 2.24) is 19.7 Å². The Morgan fingerprint density at radius 3 is 2.71 bits per heavy atom. The van der Waals surface area contributed by atoms with Gasteiger partial charge in [0.05, 0.1) is 17.4 Å². The van der Waals surface area contributed by atoms with Crippen molar-refractivity contribution in [1.29, 1.82) is 0 Å². The number of primary amides is 1. The molecule has 8 nitrogen and oxygen atoms in total. The van der Waals surface area contributed by atoms with E-state index >= 15 is 0 Å². The summed E-state index contributed by atoms with van der Waals surface area (Å²) in [6.45, 7) is 0.518. The summed E-state index contributed by atoms with van der Waals surface area (Å²) in [4.78, 5) is 20.0. The van der Waals surface area contributed by atoms with Gasteiger partial charge < -0.3 is 16.4 Å². The molecule has 0 saturated carbocycles. The molecule has 122 valence electrons. The first-order chi connectivity index (χ1) is 11.6. The smallest absolute Gasteiger partial charge is 0.254 e. The first-order valence-electron chi connectivity index (χ1n) is 7.32. The Labute approximate surface area is 138 Å². The molecule has 2 heterocycles. The van der Waals surface area contributed by atoms with Crippen LogP contribution >= 0.6 is 0 Å². The first-order valence-corrected chi connectivity index (χ1v) is 7.32. The maximum absolute atomic E-state index is 11.6. The summed E-state index contributed by atoms with van der Waals surface area (Å²) < 4.78 is 1.66. The second kappa shape index (κ2) is 6.78. The van der Waals surface area contributed by atoms with Crippen LogP contribution in [-0.4, -0.2) is 25.7 Å². The van der Waals surface area contributed by atoms with E-state index in [1.165, 1.54) is 6.20 Å². The van der Waals surface area contributed by atoms with E-state index in [0.29, 0.717) is 18.3 Å². The van der Waals surface area contributed by atoms with Crippen LogP contribution in [0, 0.1) is 0 Å². The van der Waals surface area contributed by atoms with Crippen molar-refractivity contribution in [2.24, 2.45) is 12.8 Å². The molecule has 0 radical (unpaired) electrons. The number of anilines is 3. The van der Waals surface area contributed by atoms with Crippen LogP contribution in [-0.2, 0) is 13.6 Å². The van der Waals surface area contributed by atoms with Gasteiger partial charge in [-0.1, -0.05) is 30.3 Å². The van der Waals surface area contributed by atoms with Crippen LogP contribution in [0.4, 0.5) is 17.5 Å². The van der Waals surface area contributed by atoms with Crippen molar-refractivity contribution >= 4 is 23.4 Å². The summed E-state index contributed by atoms with van der Waals surface area (Å²) in [6.07, 6.45) is 4.85. The fourth-order valence-corrected chi connectivity index (χ4v) is 2.15. The van der Waals surface area contributed by atoms with Crippen LogP contribution in [0.1, 0.15) is 15.9 Å². The van der Waals surface area contributed by atoms with E-state index in [9.17, 15) is 4.79 Å². The number of benzene rings is 1. The summed E-state index contributed by atoms with van der Waals surface area (Å²) in [6, 6.07) is 9.79. The highest BCUT2D eigenvalue weighted by Crippen LogP contribution is 2.17. The lowest BCUT2D eigenvalue weighted by atomic mass is 10.2. The largest absolute Gasteiger partial charge is 0.365 e. The molecule has 3 aromatic rings. The summed E-state index contributed by atoms with van der Waals surface area (Å²) in [5.74, 6) is 0.148. The maximum atomic E-state index is 11.6. The Balaban J connectivity index is 1.81. The van der Waals surface area contributed by atoms with Gasteiger partial charge in [-0.25, -0.2) is 4.98 Å². The van der Waals surface area contributed by atoms with Crippen LogP contribution in [0.3, 0.4) is 0 Å². The molecule has 8 heteroatoms. The third kappa shape index (κ3) is 3.67. The van der Waals surface area contributed by atoms with Crippen molar-refractivity contribution < 1.29 is 4.79 Å². The normalized spacial score (nSPS) is 10.4. The molecule has 0 aliphatic carbocycles. The van der Waals surface area contributed by atoms with Crippen molar-refractivity contribution in [3.63, 3.8) is 0 Å². The predicted octanol–water partition coefficient (Wildman–Crippen LogP) is 1.66. The third-order valence-electron chi connectivity index (χ3n) is 3.32. The highest BCUT2D eigenvalue weighted by atomic mass is 16.1. The van der Waals surface area contributed by atoms with Gasteiger partial charge in [0.25, 0.3) is 5.91 Å². The van der Waals surface area contributed by atoms with E-state index in [2.05, 4.69) is 25.7 Å². The lowest BCUT2D eigenvalue weighted by molar-refractivity contribution is 0.100. The van der Waals surface area contributed by atoms with Gasteiger partial charge in [-0.2, -0.15) is 10.1 Å². The number of hydrogen-bond donors (Lipinski definition) is 3. The lowest BCUT2D eigenvalue weighted by Gasteiger charge is -2.11. The molecule has 2 aromatic heterocycles. The number of hydrogen-bond acceptors (Lipinski definition) is 6. The molecule has 3 rings (SSSR count). The fraction of sp³-hybridized carbons (Fsp3) is 0.125. The highest BCUT2D eigenvalue weighted by Gasteiger charge is 2.12. The number of nitrogens with two attached hydrogens (primary N) is 1. The van der Waals surface area contributed by atoms with E-state index in [0.717, 1.165) is 11.3 Å². The molecule has 24 heavy (non-hydrogen) atoms. The molecule has 0 unspecified atom stereocenters. The minimum absolute atomic E-state index is 0.239. The van der Waals surface area contributed by atoms with Crippen molar-refractivity contribution in [3.8, 4) is 0 Å². The van der Waals surface area contributed by atoms with Crippen LogP contribution in [0.25, 0.3) is 0 Å². The fourth-order valence-electron chi connectivity index (χ4n) is 2.15. The molecule has 4 N–H and O–H groups in total. The van der Waals surface area contributed by atoms with Crippen LogP contribution in [0.5, 0.6) is 0 Å². The Bertz CT molecular complexity index is 845. The highest BCUT2D eigenvalue weighted by molar-refractivity contribution is 5.97. The molecule has 0 fully saturated rings. The zero-order valence-corrected chi connectivity index (χ0v) is 13.1. The van der Waals surface area contributed by atoms with Crippen LogP contribution < -0.4 is 16.4 Å². The molecular formula is C16H17N7O. The van der Waals surface area contributed by atoms with E-state index in [1.54, 1.807) is 17.1 Å². The number of carbonyl (C=O) groups excluding carboxylic acids is 1. The minimum Gasteiger partial charge on any atom is -0.365 e. The van der Waals surface area contributed by atoms with Crippen molar-refractivity contribution in [3.05, 3.63) is 60.0 Å². The second-order valence-corrected chi connectivity index (χ2v) is 5.19. The summed E-state index contributed by atoms with van der Waals surface area (Å²) in [7, 11) is 1.81. The Morgan fingerprint density at radius 2 is 2.04 bits per heavy atom.